The number of aliphatic hydroxyl groups excluding tert-OH is 1. The summed E-state index contributed by atoms with van der Waals surface area (Å²) in [5.41, 5.74) is 3.22. The molecule has 1 aromatic heterocycles. The molecular weight excluding hydrogens is 236 g/mol. The summed E-state index contributed by atoms with van der Waals surface area (Å²) in [5.74, 6) is 0.793. The predicted octanol–water partition coefficient (Wildman–Crippen LogP) is 3.47. The average Bonchev–Trinajstić information content (AvgIpc) is 2.46. The lowest BCUT2D eigenvalue weighted by molar-refractivity contribution is 0.199. The SMILES string of the molecule is CCc1ccc(N(C)c2ncccc2C(C)O)cc1. The van der Waals surface area contributed by atoms with Crippen LogP contribution < -0.4 is 4.90 Å². The van der Waals surface area contributed by atoms with E-state index in [1.165, 1.54) is 5.56 Å². The second-order valence-electron chi connectivity index (χ2n) is 4.67. The molecular formula is C16H20N2O. The van der Waals surface area contributed by atoms with E-state index in [0.717, 1.165) is 23.5 Å². The number of hydrogen-bond donors (Lipinski definition) is 1. The van der Waals surface area contributed by atoms with Crippen molar-refractivity contribution in [1.29, 1.82) is 0 Å². The Morgan fingerprint density at radius 1 is 1.21 bits per heavy atom. The molecule has 1 heterocycles. The van der Waals surface area contributed by atoms with Gasteiger partial charge in [0.2, 0.25) is 0 Å². The van der Waals surface area contributed by atoms with Crippen molar-refractivity contribution in [3.05, 3.63) is 53.7 Å². The highest BCUT2D eigenvalue weighted by Crippen LogP contribution is 2.28. The quantitative estimate of drug-likeness (QED) is 0.910. The molecule has 0 aliphatic heterocycles. The second kappa shape index (κ2) is 5.85. The van der Waals surface area contributed by atoms with Crippen molar-refractivity contribution in [2.45, 2.75) is 26.4 Å². The summed E-state index contributed by atoms with van der Waals surface area (Å²) in [6.45, 7) is 3.90. The molecule has 0 aliphatic rings. The summed E-state index contributed by atoms with van der Waals surface area (Å²) in [5, 5.41) is 9.82. The molecule has 0 radical (unpaired) electrons. The van der Waals surface area contributed by atoms with E-state index in [4.69, 9.17) is 0 Å². The second-order valence-corrected chi connectivity index (χ2v) is 4.67. The number of aromatic nitrogens is 1. The van der Waals surface area contributed by atoms with Gasteiger partial charge in [0.1, 0.15) is 5.82 Å². The number of benzene rings is 1. The Labute approximate surface area is 114 Å². The maximum absolute atomic E-state index is 9.82. The summed E-state index contributed by atoms with van der Waals surface area (Å²) < 4.78 is 0. The molecule has 0 fully saturated rings. The molecule has 0 spiro atoms. The van der Waals surface area contributed by atoms with Crippen LogP contribution in [0.3, 0.4) is 0 Å². The third-order valence-electron chi connectivity index (χ3n) is 3.32. The normalized spacial score (nSPS) is 12.2. The highest BCUT2D eigenvalue weighted by molar-refractivity contribution is 5.62. The topological polar surface area (TPSA) is 36.4 Å². The van der Waals surface area contributed by atoms with Gasteiger partial charge in [0.25, 0.3) is 0 Å². The highest BCUT2D eigenvalue weighted by Gasteiger charge is 2.13. The zero-order valence-corrected chi connectivity index (χ0v) is 11.7. The fourth-order valence-corrected chi connectivity index (χ4v) is 2.09. The molecule has 0 bridgehead atoms. The molecule has 2 aromatic rings. The van der Waals surface area contributed by atoms with Gasteiger partial charge in [0.15, 0.2) is 0 Å². The Balaban J connectivity index is 2.35. The Bertz CT molecular complexity index is 535. The molecule has 19 heavy (non-hydrogen) atoms. The van der Waals surface area contributed by atoms with Crippen LogP contribution in [0.2, 0.25) is 0 Å². The Hall–Kier alpha value is -1.87. The van der Waals surface area contributed by atoms with Crippen LogP contribution in [0.4, 0.5) is 11.5 Å². The summed E-state index contributed by atoms with van der Waals surface area (Å²) in [7, 11) is 1.97. The van der Waals surface area contributed by atoms with Crippen LogP contribution in [0.5, 0.6) is 0 Å². The minimum atomic E-state index is -0.527. The maximum Gasteiger partial charge on any atom is 0.138 e. The lowest BCUT2D eigenvalue weighted by Crippen LogP contribution is -2.14. The molecule has 1 atom stereocenters. The van der Waals surface area contributed by atoms with Crippen LogP contribution in [0, 0.1) is 0 Å². The van der Waals surface area contributed by atoms with Crippen molar-refractivity contribution in [3.8, 4) is 0 Å². The number of hydrogen-bond acceptors (Lipinski definition) is 3. The Kier molecular flexibility index (Phi) is 4.17. The minimum absolute atomic E-state index is 0.527. The Morgan fingerprint density at radius 2 is 1.89 bits per heavy atom. The number of aryl methyl sites for hydroxylation is 1. The molecule has 0 amide bonds. The molecule has 0 aliphatic carbocycles. The molecule has 3 heteroatoms. The van der Waals surface area contributed by atoms with Crippen molar-refractivity contribution in [2.24, 2.45) is 0 Å². The summed E-state index contributed by atoms with van der Waals surface area (Å²) in [6.07, 6.45) is 2.26. The molecule has 1 N–H and O–H groups in total. The van der Waals surface area contributed by atoms with Gasteiger partial charge in [-0.1, -0.05) is 25.1 Å². The third-order valence-corrected chi connectivity index (χ3v) is 3.32. The van der Waals surface area contributed by atoms with E-state index in [-0.39, 0.29) is 0 Å². The van der Waals surface area contributed by atoms with Crippen molar-refractivity contribution in [1.82, 2.24) is 4.98 Å². The molecule has 2 rings (SSSR count). The molecule has 1 unspecified atom stereocenters. The molecule has 0 saturated carbocycles. The third kappa shape index (κ3) is 2.93. The van der Waals surface area contributed by atoms with Gasteiger partial charge >= 0.3 is 0 Å². The minimum Gasteiger partial charge on any atom is -0.389 e. The maximum atomic E-state index is 9.82. The summed E-state index contributed by atoms with van der Waals surface area (Å²) >= 11 is 0. The van der Waals surface area contributed by atoms with Crippen LogP contribution in [0.15, 0.2) is 42.6 Å². The standard InChI is InChI=1S/C16H20N2O/c1-4-13-7-9-14(10-8-13)18(3)16-15(12(2)19)6-5-11-17-16/h5-12,19H,4H2,1-3H3. The van der Waals surface area contributed by atoms with Crippen molar-refractivity contribution >= 4 is 11.5 Å². The predicted molar refractivity (Wildman–Crippen MR) is 78.8 cm³/mol. The lowest BCUT2D eigenvalue weighted by atomic mass is 10.1. The summed E-state index contributed by atoms with van der Waals surface area (Å²) in [6, 6.07) is 12.2. The molecule has 100 valence electrons. The highest BCUT2D eigenvalue weighted by atomic mass is 16.3. The van der Waals surface area contributed by atoms with Crippen LogP contribution >= 0.6 is 0 Å². The first-order valence-electron chi connectivity index (χ1n) is 6.59. The largest absolute Gasteiger partial charge is 0.389 e. The van der Waals surface area contributed by atoms with Gasteiger partial charge in [-0.25, -0.2) is 4.98 Å². The van der Waals surface area contributed by atoms with E-state index in [1.807, 2.05) is 24.1 Å². The smallest absolute Gasteiger partial charge is 0.138 e. The van der Waals surface area contributed by atoms with Crippen LogP contribution in [0.1, 0.15) is 31.1 Å². The van der Waals surface area contributed by atoms with E-state index >= 15 is 0 Å². The van der Waals surface area contributed by atoms with Crippen molar-refractivity contribution in [3.63, 3.8) is 0 Å². The monoisotopic (exact) mass is 256 g/mol. The van der Waals surface area contributed by atoms with Gasteiger partial charge in [0.05, 0.1) is 6.10 Å². The van der Waals surface area contributed by atoms with Crippen molar-refractivity contribution < 1.29 is 5.11 Å². The van der Waals surface area contributed by atoms with Crippen LogP contribution in [0.25, 0.3) is 0 Å². The van der Waals surface area contributed by atoms with Gasteiger partial charge in [-0.05, 0) is 37.1 Å². The number of anilines is 2. The van der Waals surface area contributed by atoms with Crippen LogP contribution in [-0.2, 0) is 6.42 Å². The van der Waals surface area contributed by atoms with Gasteiger partial charge in [-0.2, -0.15) is 0 Å². The zero-order chi connectivity index (χ0) is 13.8. The van der Waals surface area contributed by atoms with E-state index < -0.39 is 6.10 Å². The summed E-state index contributed by atoms with van der Waals surface area (Å²) in [4.78, 5) is 6.39. The van der Waals surface area contributed by atoms with E-state index in [0.29, 0.717) is 0 Å². The number of rotatable bonds is 4. The van der Waals surface area contributed by atoms with Gasteiger partial charge in [-0.3, -0.25) is 0 Å². The molecule has 1 aromatic carbocycles. The molecule has 3 nitrogen and oxygen atoms in total. The first-order valence-corrected chi connectivity index (χ1v) is 6.59. The number of nitrogens with zero attached hydrogens (tertiary/aromatic N) is 2. The van der Waals surface area contributed by atoms with Crippen molar-refractivity contribution in [2.75, 3.05) is 11.9 Å². The first kappa shape index (κ1) is 13.6. The van der Waals surface area contributed by atoms with Crippen LogP contribution in [-0.4, -0.2) is 17.1 Å². The lowest BCUT2D eigenvalue weighted by Gasteiger charge is -2.22. The van der Waals surface area contributed by atoms with Gasteiger partial charge in [0, 0.05) is 24.5 Å². The number of aliphatic hydroxyl groups is 1. The fourth-order valence-electron chi connectivity index (χ4n) is 2.09. The van der Waals surface area contributed by atoms with E-state index in [1.54, 1.807) is 13.1 Å². The molecule has 0 saturated heterocycles. The Morgan fingerprint density at radius 3 is 2.47 bits per heavy atom. The number of pyridine rings is 1. The van der Waals surface area contributed by atoms with Gasteiger partial charge < -0.3 is 10.0 Å². The van der Waals surface area contributed by atoms with E-state index in [2.05, 4.69) is 36.2 Å². The van der Waals surface area contributed by atoms with E-state index in [9.17, 15) is 5.11 Å². The first-order chi connectivity index (χ1) is 9.13. The fraction of sp³-hybridized carbons (Fsp3) is 0.312. The average molecular weight is 256 g/mol. The zero-order valence-electron chi connectivity index (χ0n) is 11.7. The van der Waals surface area contributed by atoms with Gasteiger partial charge in [-0.15, -0.1) is 0 Å².